The number of benzene rings is 2. The molecule has 0 fully saturated rings. The average molecular weight is 380 g/mol. The molecule has 0 aliphatic heterocycles. The number of carbonyl (C=O) groups is 1. The van der Waals surface area contributed by atoms with Crippen LogP contribution in [0.4, 0.5) is 5.69 Å². The van der Waals surface area contributed by atoms with E-state index in [-0.39, 0.29) is 5.91 Å². The van der Waals surface area contributed by atoms with Crippen molar-refractivity contribution in [1.82, 2.24) is 0 Å². The fourth-order valence-corrected chi connectivity index (χ4v) is 3.31. The third-order valence-electron chi connectivity index (χ3n) is 2.90. The Morgan fingerprint density at radius 3 is 2.59 bits per heavy atom. The topological polar surface area (TPSA) is 38.3 Å². The standard InChI is InChI=1S/C17H18BrNO2S/c1-2-21-15-9-7-14(8-10-15)19-17(20)12-22-11-13-5-3-4-6-16(13)18/h3-10H,2,11-12H2,1H3,(H,19,20). The first-order chi connectivity index (χ1) is 10.7. The maximum atomic E-state index is 11.9. The first-order valence-corrected chi connectivity index (χ1v) is 8.97. The Morgan fingerprint density at radius 2 is 1.91 bits per heavy atom. The van der Waals surface area contributed by atoms with Gasteiger partial charge in [-0.15, -0.1) is 11.8 Å². The third-order valence-corrected chi connectivity index (χ3v) is 4.65. The van der Waals surface area contributed by atoms with E-state index in [2.05, 4.69) is 27.3 Å². The summed E-state index contributed by atoms with van der Waals surface area (Å²) in [6.45, 7) is 2.58. The van der Waals surface area contributed by atoms with E-state index in [1.54, 1.807) is 11.8 Å². The quantitative estimate of drug-likeness (QED) is 0.756. The molecule has 0 saturated carbocycles. The number of thioether (sulfide) groups is 1. The van der Waals surface area contributed by atoms with Crippen molar-refractivity contribution >= 4 is 39.3 Å². The van der Waals surface area contributed by atoms with Gasteiger partial charge in [0.1, 0.15) is 5.75 Å². The van der Waals surface area contributed by atoms with Crippen molar-refractivity contribution in [2.75, 3.05) is 17.7 Å². The van der Waals surface area contributed by atoms with Crippen LogP contribution in [0.5, 0.6) is 5.75 Å². The minimum absolute atomic E-state index is 0.00112. The molecule has 0 unspecified atom stereocenters. The zero-order valence-electron chi connectivity index (χ0n) is 12.3. The minimum atomic E-state index is 0.00112. The Kier molecular flexibility index (Phi) is 6.80. The molecule has 0 atom stereocenters. The number of rotatable bonds is 7. The molecule has 0 heterocycles. The lowest BCUT2D eigenvalue weighted by atomic mass is 10.2. The average Bonchev–Trinajstić information content (AvgIpc) is 2.51. The van der Waals surface area contributed by atoms with Crippen molar-refractivity contribution in [3.8, 4) is 5.75 Å². The number of halogens is 1. The second-order valence-corrected chi connectivity index (χ2v) is 6.43. The Labute approximate surface area is 143 Å². The highest BCUT2D eigenvalue weighted by molar-refractivity contribution is 9.10. The van der Waals surface area contributed by atoms with E-state index in [0.717, 1.165) is 21.7 Å². The highest BCUT2D eigenvalue weighted by Gasteiger charge is 2.05. The maximum absolute atomic E-state index is 11.9. The normalized spacial score (nSPS) is 10.3. The van der Waals surface area contributed by atoms with E-state index in [4.69, 9.17) is 4.74 Å². The van der Waals surface area contributed by atoms with Gasteiger partial charge in [-0.05, 0) is 42.8 Å². The number of hydrogen-bond donors (Lipinski definition) is 1. The highest BCUT2D eigenvalue weighted by atomic mass is 79.9. The summed E-state index contributed by atoms with van der Waals surface area (Å²) in [7, 11) is 0. The predicted molar refractivity (Wildman–Crippen MR) is 96.5 cm³/mol. The van der Waals surface area contributed by atoms with Crippen molar-refractivity contribution in [3.05, 3.63) is 58.6 Å². The summed E-state index contributed by atoms with van der Waals surface area (Å²) in [6, 6.07) is 15.5. The largest absolute Gasteiger partial charge is 0.494 e. The van der Waals surface area contributed by atoms with Crippen LogP contribution in [0.15, 0.2) is 53.0 Å². The van der Waals surface area contributed by atoms with E-state index < -0.39 is 0 Å². The molecule has 0 bridgehead atoms. The fourth-order valence-electron chi connectivity index (χ4n) is 1.87. The van der Waals surface area contributed by atoms with E-state index in [1.807, 2.05) is 49.4 Å². The number of ether oxygens (including phenoxy) is 1. The molecule has 2 rings (SSSR count). The van der Waals surface area contributed by atoms with Crippen LogP contribution in [-0.2, 0) is 10.5 Å². The second kappa shape index (κ2) is 8.86. The lowest BCUT2D eigenvalue weighted by molar-refractivity contribution is -0.113. The van der Waals surface area contributed by atoms with Crippen LogP contribution in [0.3, 0.4) is 0 Å². The van der Waals surface area contributed by atoms with Gasteiger partial charge in [-0.1, -0.05) is 34.1 Å². The fraction of sp³-hybridized carbons (Fsp3) is 0.235. The lowest BCUT2D eigenvalue weighted by Gasteiger charge is -2.07. The zero-order chi connectivity index (χ0) is 15.8. The van der Waals surface area contributed by atoms with E-state index >= 15 is 0 Å². The van der Waals surface area contributed by atoms with Crippen LogP contribution >= 0.6 is 27.7 Å². The van der Waals surface area contributed by atoms with Gasteiger partial charge in [0.15, 0.2) is 0 Å². The van der Waals surface area contributed by atoms with E-state index in [1.165, 1.54) is 5.56 Å². The molecule has 0 aromatic heterocycles. The monoisotopic (exact) mass is 379 g/mol. The molecule has 2 aromatic carbocycles. The van der Waals surface area contributed by atoms with Crippen LogP contribution in [0.1, 0.15) is 12.5 Å². The maximum Gasteiger partial charge on any atom is 0.234 e. The summed E-state index contributed by atoms with van der Waals surface area (Å²) >= 11 is 5.10. The summed E-state index contributed by atoms with van der Waals surface area (Å²) in [6.07, 6.45) is 0. The number of amides is 1. The van der Waals surface area contributed by atoms with Crippen LogP contribution in [-0.4, -0.2) is 18.3 Å². The highest BCUT2D eigenvalue weighted by Crippen LogP contribution is 2.21. The van der Waals surface area contributed by atoms with Crippen molar-refractivity contribution in [3.63, 3.8) is 0 Å². The van der Waals surface area contributed by atoms with Crippen LogP contribution in [0.2, 0.25) is 0 Å². The number of anilines is 1. The van der Waals surface area contributed by atoms with Crippen molar-refractivity contribution in [1.29, 1.82) is 0 Å². The number of hydrogen-bond acceptors (Lipinski definition) is 3. The Bertz CT molecular complexity index is 616. The molecule has 22 heavy (non-hydrogen) atoms. The first kappa shape index (κ1) is 16.9. The summed E-state index contributed by atoms with van der Waals surface area (Å²) in [5.74, 6) is 2.04. The second-order valence-electron chi connectivity index (χ2n) is 4.59. The predicted octanol–water partition coefficient (Wildman–Crippen LogP) is 4.72. The Morgan fingerprint density at radius 1 is 1.18 bits per heavy atom. The Balaban J connectivity index is 1.77. The van der Waals surface area contributed by atoms with Gasteiger partial charge in [0.2, 0.25) is 5.91 Å². The van der Waals surface area contributed by atoms with Gasteiger partial charge in [-0.25, -0.2) is 0 Å². The van der Waals surface area contributed by atoms with Gasteiger partial charge < -0.3 is 10.1 Å². The molecule has 5 heteroatoms. The molecule has 1 N–H and O–H groups in total. The molecule has 3 nitrogen and oxygen atoms in total. The van der Waals surface area contributed by atoms with Crippen LogP contribution in [0.25, 0.3) is 0 Å². The lowest BCUT2D eigenvalue weighted by Crippen LogP contribution is -2.14. The molecule has 0 radical (unpaired) electrons. The van der Waals surface area contributed by atoms with Crippen LogP contribution in [0, 0.1) is 0 Å². The molecule has 0 spiro atoms. The zero-order valence-corrected chi connectivity index (χ0v) is 14.7. The summed E-state index contributed by atoms with van der Waals surface area (Å²) < 4.78 is 6.45. The summed E-state index contributed by atoms with van der Waals surface area (Å²) in [5, 5.41) is 2.89. The molecular weight excluding hydrogens is 362 g/mol. The van der Waals surface area contributed by atoms with Gasteiger partial charge in [0, 0.05) is 15.9 Å². The van der Waals surface area contributed by atoms with Gasteiger partial charge >= 0.3 is 0 Å². The van der Waals surface area contributed by atoms with E-state index in [9.17, 15) is 4.79 Å². The van der Waals surface area contributed by atoms with Gasteiger partial charge in [0.05, 0.1) is 12.4 Å². The first-order valence-electron chi connectivity index (χ1n) is 7.03. The molecule has 2 aromatic rings. The third kappa shape index (κ3) is 5.39. The van der Waals surface area contributed by atoms with Gasteiger partial charge in [-0.3, -0.25) is 4.79 Å². The molecular formula is C17H18BrNO2S. The Hall–Kier alpha value is -1.46. The van der Waals surface area contributed by atoms with Crippen molar-refractivity contribution < 1.29 is 9.53 Å². The van der Waals surface area contributed by atoms with Crippen LogP contribution < -0.4 is 10.1 Å². The molecule has 116 valence electrons. The van der Waals surface area contributed by atoms with Gasteiger partial charge in [0.25, 0.3) is 0 Å². The van der Waals surface area contributed by atoms with Crippen molar-refractivity contribution in [2.24, 2.45) is 0 Å². The number of nitrogens with one attached hydrogen (secondary N) is 1. The smallest absolute Gasteiger partial charge is 0.234 e. The SMILES string of the molecule is CCOc1ccc(NC(=O)CSCc2ccccc2Br)cc1. The van der Waals surface area contributed by atoms with Crippen molar-refractivity contribution in [2.45, 2.75) is 12.7 Å². The minimum Gasteiger partial charge on any atom is -0.494 e. The summed E-state index contributed by atoms with van der Waals surface area (Å²) in [5.41, 5.74) is 1.98. The number of carbonyl (C=O) groups excluding carboxylic acids is 1. The molecule has 0 aliphatic rings. The molecule has 0 saturated heterocycles. The van der Waals surface area contributed by atoms with E-state index in [0.29, 0.717) is 12.4 Å². The van der Waals surface area contributed by atoms with Gasteiger partial charge in [-0.2, -0.15) is 0 Å². The molecule has 0 aliphatic carbocycles. The molecule has 1 amide bonds. The summed E-state index contributed by atoms with van der Waals surface area (Å²) in [4.78, 5) is 11.9.